The van der Waals surface area contributed by atoms with Gasteiger partial charge in [0.1, 0.15) is 11.5 Å². The second-order valence-electron chi connectivity index (χ2n) is 12.1. The highest BCUT2D eigenvalue weighted by Crippen LogP contribution is 2.28. The number of fused-ring (bicyclic) bond motifs is 2. The number of hydrogen-bond acceptors (Lipinski definition) is 6. The fourth-order valence-electron chi connectivity index (χ4n) is 5.58. The first-order valence-corrected chi connectivity index (χ1v) is 21.5. The van der Waals surface area contributed by atoms with Crippen LogP contribution in [0.15, 0.2) is 107 Å². The molecule has 1 N–H and O–H groups in total. The van der Waals surface area contributed by atoms with Crippen molar-refractivity contribution in [1.29, 1.82) is 0 Å². The zero-order valence-corrected chi connectivity index (χ0v) is 35.5. The number of unbranched alkanes of at least 4 members (excludes halogenated alkanes) is 4. The van der Waals surface area contributed by atoms with Crippen LogP contribution in [-0.2, 0) is 12.8 Å². The average molecular weight is 913 g/mol. The molecule has 6 rings (SSSR count). The third kappa shape index (κ3) is 12.7. The van der Waals surface area contributed by atoms with Gasteiger partial charge in [-0.15, -0.1) is 47.3 Å². The second-order valence-corrected chi connectivity index (χ2v) is 20.5. The van der Waals surface area contributed by atoms with E-state index < -0.39 is 0 Å². The van der Waals surface area contributed by atoms with Crippen molar-refractivity contribution in [1.82, 2.24) is 0 Å². The molecule has 2 heterocycles. The van der Waals surface area contributed by atoms with Crippen LogP contribution in [0.4, 0.5) is 0 Å². The molecular formula is C41H42BBr3O4S2. The quantitative estimate of drug-likeness (QED) is 0.104. The summed E-state index contributed by atoms with van der Waals surface area (Å²) in [5.41, 5.74) is 6.12. The van der Waals surface area contributed by atoms with Crippen molar-refractivity contribution in [2.24, 2.45) is 0 Å². The molecule has 6 aromatic rings. The molecule has 0 atom stereocenters. The summed E-state index contributed by atoms with van der Waals surface area (Å²) in [6.07, 6.45) is 9.63. The third-order valence-electron chi connectivity index (χ3n) is 8.33. The minimum atomic E-state index is 0.0295. The molecule has 0 bridgehead atoms. The number of aromatic hydroxyl groups is 1. The van der Waals surface area contributed by atoms with Crippen LogP contribution in [0.2, 0.25) is 0 Å². The van der Waals surface area contributed by atoms with E-state index in [1.54, 1.807) is 19.2 Å². The zero-order chi connectivity index (χ0) is 36.8. The van der Waals surface area contributed by atoms with Gasteiger partial charge in [0, 0.05) is 20.5 Å². The number of methoxy groups -OCH3 is 1. The molecule has 266 valence electrons. The van der Waals surface area contributed by atoms with Crippen molar-refractivity contribution in [3.63, 3.8) is 0 Å². The molecule has 0 saturated carbocycles. The number of rotatable bonds is 11. The predicted molar refractivity (Wildman–Crippen MR) is 234 cm³/mol. The highest BCUT2D eigenvalue weighted by Gasteiger charge is 2.09. The van der Waals surface area contributed by atoms with Crippen molar-refractivity contribution in [3.8, 4) is 33.8 Å². The van der Waals surface area contributed by atoms with Crippen molar-refractivity contribution in [2.45, 2.75) is 65.2 Å². The molecule has 0 aliphatic rings. The molecule has 0 aliphatic carbocycles. The highest BCUT2D eigenvalue weighted by molar-refractivity contribution is 9.69. The Bertz CT molecular complexity index is 2110. The Hall–Kier alpha value is -2.76. The van der Waals surface area contributed by atoms with Gasteiger partial charge in [-0.2, -0.15) is 0 Å². The Morgan fingerprint density at radius 3 is 1.47 bits per heavy atom. The minimum Gasteiger partial charge on any atom is -0.508 e. The summed E-state index contributed by atoms with van der Waals surface area (Å²) in [5, 5.41) is 11.6. The van der Waals surface area contributed by atoms with Crippen molar-refractivity contribution >= 4 is 93.3 Å². The van der Waals surface area contributed by atoms with Crippen molar-refractivity contribution in [2.75, 3.05) is 7.11 Å². The summed E-state index contributed by atoms with van der Waals surface area (Å²) in [5.74, 6) is 0.972. The van der Waals surface area contributed by atoms with Gasteiger partial charge in [-0.05, 0) is 107 Å². The van der Waals surface area contributed by atoms with Crippen LogP contribution >= 0.6 is 69.9 Å². The van der Waals surface area contributed by atoms with E-state index in [2.05, 4.69) is 97.5 Å². The summed E-state index contributed by atoms with van der Waals surface area (Å²) in [6.45, 7) is 4.43. The van der Waals surface area contributed by atoms with Gasteiger partial charge >= 0.3 is 3.18 Å². The number of benzene rings is 4. The molecular weight excluding hydrogens is 871 g/mol. The molecule has 0 fully saturated rings. The van der Waals surface area contributed by atoms with Crippen LogP contribution in [0, 0.1) is 0 Å². The van der Waals surface area contributed by atoms with Gasteiger partial charge in [0.2, 0.25) is 9.48 Å². The SMILES string of the molecule is BrB(Br)Br.CCCCCc1ccc(-c2cc3ccc(O)cc3sc2=O)cc1.CCCCCc1ccc(-c2cc3ccc(OC)cc3sc2=O)cc1. The van der Waals surface area contributed by atoms with Crippen LogP contribution in [0.5, 0.6) is 11.5 Å². The van der Waals surface area contributed by atoms with Gasteiger partial charge in [0.25, 0.3) is 0 Å². The molecule has 0 aliphatic heterocycles. The van der Waals surface area contributed by atoms with E-state index in [1.807, 2.05) is 48.5 Å². The lowest BCUT2D eigenvalue weighted by atomic mass is 10.0. The molecule has 0 spiro atoms. The molecule has 0 amide bonds. The molecule has 10 heteroatoms. The Labute approximate surface area is 333 Å². The van der Waals surface area contributed by atoms with Gasteiger partial charge in [-0.1, -0.05) is 111 Å². The van der Waals surface area contributed by atoms with Crippen molar-refractivity contribution in [3.05, 3.63) is 127 Å². The first kappa shape index (κ1) is 41.0. The fraction of sp³-hybridized carbons (Fsp3) is 0.268. The largest absolute Gasteiger partial charge is 0.508 e. The number of ether oxygens (including phenoxy) is 1. The number of phenolic OH excluding ortho intramolecular Hbond substituents is 1. The topological polar surface area (TPSA) is 63.6 Å². The van der Waals surface area contributed by atoms with Gasteiger partial charge in [-0.3, -0.25) is 9.59 Å². The third-order valence-corrected chi connectivity index (χ3v) is 10.3. The van der Waals surface area contributed by atoms with Gasteiger partial charge in [0.05, 0.1) is 7.11 Å². The molecule has 4 nitrogen and oxygen atoms in total. The van der Waals surface area contributed by atoms with Crippen LogP contribution < -0.4 is 14.2 Å². The smallest absolute Gasteiger partial charge is 0.369 e. The summed E-state index contributed by atoms with van der Waals surface area (Å²) in [6, 6.07) is 31.7. The van der Waals surface area contributed by atoms with Crippen LogP contribution in [0.1, 0.15) is 63.5 Å². The lowest BCUT2D eigenvalue weighted by Crippen LogP contribution is -1.99. The number of halogens is 3. The molecule has 51 heavy (non-hydrogen) atoms. The summed E-state index contributed by atoms with van der Waals surface area (Å²) < 4.78 is 7.40. The lowest BCUT2D eigenvalue weighted by molar-refractivity contribution is 0.415. The molecule has 0 saturated heterocycles. The Balaban J connectivity index is 0.000000207. The lowest BCUT2D eigenvalue weighted by Gasteiger charge is -2.06. The summed E-state index contributed by atoms with van der Waals surface area (Å²) >= 11 is 11.8. The van der Waals surface area contributed by atoms with E-state index in [0.29, 0.717) is 0 Å². The Kier molecular flexibility index (Phi) is 16.9. The maximum atomic E-state index is 12.5. The number of aryl methyl sites for hydroxylation is 2. The highest BCUT2D eigenvalue weighted by atomic mass is 79.9. The van der Waals surface area contributed by atoms with E-state index in [9.17, 15) is 14.7 Å². The molecule has 0 unspecified atom stereocenters. The van der Waals surface area contributed by atoms with Gasteiger partial charge < -0.3 is 9.84 Å². The van der Waals surface area contributed by atoms with E-state index in [4.69, 9.17) is 4.74 Å². The maximum Gasteiger partial charge on any atom is 0.369 e. The van der Waals surface area contributed by atoms with Crippen LogP contribution in [0.3, 0.4) is 0 Å². The van der Waals surface area contributed by atoms with Gasteiger partial charge in [-0.25, -0.2) is 0 Å². The molecule has 4 aromatic carbocycles. The standard InChI is InChI=1S/C21H22O2S.C20H20O2S.BBr3/c1-3-4-5-6-15-7-9-16(10-8-15)19-13-17-11-12-18(23-2)14-20(17)24-21(19)22;1-2-3-4-5-14-6-8-15(9-7-14)18-12-16-10-11-17(21)13-19(16)23-20(18)22;2-1(3)4/h7-14H,3-6H2,1-2H3;6-13,21H,2-5H2,1H3;. The Morgan fingerprint density at radius 1 is 0.608 bits per heavy atom. The van der Waals surface area contributed by atoms with E-state index in [-0.39, 0.29) is 18.4 Å². The number of hydrogen-bond donors (Lipinski definition) is 1. The molecule has 0 radical (unpaired) electrons. The van der Waals surface area contributed by atoms with Crippen molar-refractivity contribution < 1.29 is 9.84 Å². The summed E-state index contributed by atoms with van der Waals surface area (Å²) in [7, 11) is 1.64. The predicted octanol–water partition coefficient (Wildman–Crippen LogP) is 13.2. The zero-order valence-electron chi connectivity index (χ0n) is 29.1. The first-order chi connectivity index (χ1) is 24.6. The summed E-state index contributed by atoms with van der Waals surface area (Å²) in [4.78, 5) is 24.9. The van der Waals surface area contributed by atoms with Crippen LogP contribution in [-0.4, -0.2) is 15.4 Å². The van der Waals surface area contributed by atoms with E-state index in [1.165, 1.54) is 72.3 Å². The monoisotopic (exact) mass is 910 g/mol. The second kappa shape index (κ2) is 21.1. The van der Waals surface area contributed by atoms with E-state index in [0.717, 1.165) is 61.0 Å². The van der Waals surface area contributed by atoms with E-state index >= 15 is 0 Å². The van der Waals surface area contributed by atoms with Crippen LogP contribution in [0.25, 0.3) is 42.4 Å². The Morgan fingerprint density at radius 2 is 1.04 bits per heavy atom. The average Bonchev–Trinajstić information content (AvgIpc) is 3.12. The minimum absolute atomic E-state index is 0.0295. The normalized spacial score (nSPS) is 10.6. The van der Waals surface area contributed by atoms with Gasteiger partial charge in [0.15, 0.2) is 0 Å². The molecule has 2 aromatic heterocycles. The maximum absolute atomic E-state index is 12.5. The fourth-order valence-corrected chi connectivity index (χ4v) is 7.40. The first-order valence-electron chi connectivity index (χ1n) is 17.1. The number of phenols is 1.